The number of anilines is 3. The molecule has 0 unspecified atom stereocenters. The van der Waals surface area contributed by atoms with Crippen molar-refractivity contribution in [3.63, 3.8) is 0 Å². The van der Waals surface area contributed by atoms with Gasteiger partial charge in [0.25, 0.3) is 0 Å². The standard InChI is InChI=1S/C39H50N10O2/c1-3-8-31(11-7-18-41-37-43-26-33(23-40)36(46-37)48-19-14-39(15-20-48)16-21-51-22-17-39)28-49(38(50)44-24-30-9-5-4-6-10-30)35-13-12-32(25-42-35)34-27-45-47(2)29-34/h4-6,9-10,12-13,25-27,29,31H,3,7-8,11,14-22,24,28H2,1-2H3,(H,44,50)(H,41,43,46)/t31-/m0/s1. The molecule has 0 aliphatic carbocycles. The highest BCUT2D eigenvalue weighted by atomic mass is 16.5. The summed E-state index contributed by atoms with van der Waals surface area (Å²) in [7, 11) is 1.89. The van der Waals surface area contributed by atoms with Crippen LogP contribution in [-0.2, 0) is 18.3 Å². The number of nitrogens with one attached hydrogen (secondary N) is 2. The van der Waals surface area contributed by atoms with Gasteiger partial charge in [-0.1, -0.05) is 43.7 Å². The molecule has 51 heavy (non-hydrogen) atoms. The number of nitrogens with zero attached hydrogens (tertiary/aromatic N) is 8. The number of aromatic nitrogens is 5. The molecule has 268 valence electrons. The number of hydrogen-bond acceptors (Lipinski definition) is 9. The van der Waals surface area contributed by atoms with Crippen molar-refractivity contribution in [2.75, 3.05) is 54.5 Å². The highest BCUT2D eigenvalue weighted by Crippen LogP contribution is 2.41. The van der Waals surface area contributed by atoms with Gasteiger partial charge in [0, 0.05) is 76.5 Å². The fourth-order valence-electron chi connectivity index (χ4n) is 7.30. The molecule has 3 aromatic heterocycles. The molecule has 2 aliphatic rings. The summed E-state index contributed by atoms with van der Waals surface area (Å²) in [5.74, 6) is 2.15. The van der Waals surface area contributed by atoms with E-state index in [-0.39, 0.29) is 11.9 Å². The van der Waals surface area contributed by atoms with Crippen molar-refractivity contribution in [2.45, 2.75) is 64.8 Å². The lowest BCUT2D eigenvalue weighted by molar-refractivity contribution is 0.00205. The molecule has 1 atom stereocenters. The highest BCUT2D eigenvalue weighted by molar-refractivity contribution is 5.91. The van der Waals surface area contributed by atoms with Gasteiger partial charge in [-0.25, -0.2) is 14.8 Å². The van der Waals surface area contributed by atoms with Gasteiger partial charge in [-0.2, -0.15) is 15.3 Å². The van der Waals surface area contributed by atoms with Crippen LogP contribution >= 0.6 is 0 Å². The SMILES string of the molecule is CCC[C@@H](CCCNc1ncc(C#N)c(N2CCC3(CCOCC3)CC2)n1)CN(C(=O)NCc1ccccc1)c1ccc(-c2cnn(C)c2)cn1. The Kier molecular flexibility index (Phi) is 12.1. The van der Waals surface area contributed by atoms with Crippen molar-refractivity contribution in [3.8, 4) is 17.2 Å². The van der Waals surface area contributed by atoms with Crippen molar-refractivity contribution in [1.29, 1.82) is 5.26 Å². The topological polar surface area (TPSA) is 137 Å². The molecule has 1 aromatic carbocycles. The summed E-state index contributed by atoms with van der Waals surface area (Å²) < 4.78 is 7.38. The molecule has 2 saturated heterocycles. The molecule has 5 heterocycles. The monoisotopic (exact) mass is 690 g/mol. The maximum Gasteiger partial charge on any atom is 0.323 e. The van der Waals surface area contributed by atoms with Gasteiger partial charge in [0.05, 0.1) is 12.4 Å². The van der Waals surface area contributed by atoms with Crippen LogP contribution in [0.2, 0.25) is 0 Å². The Bertz CT molecular complexity index is 1740. The van der Waals surface area contributed by atoms with Crippen LogP contribution in [0.25, 0.3) is 11.1 Å². The number of urea groups is 1. The molecule has 2 fully saturated rings. The smallest absolute Gasteiger partial charge is 0.323 e. The molecule has 2 amide bonds. The van der Waals surface area contributed by atoms with Gasteiger partial charge in [-0.3, -0.25) is 9.58 Å². The van der Waals surface area contributed by atoms with Crippen molar-refractivity contribution in [3.05, 3.63) is 78.4 Å². The van der Waals surface area contributed by atoms with E-state index >= 15 is 0 Å². The van der Waals surface area contributed by atoms with Gasteiger partial charge < -0.3 is 20.3 Å². The summed E-state index contributed by atoms with van der Waals surface area (Å²) in [6.07, 6.45) is 15.4. The van der Waals surface area contributed by atoms with E-state index in [1.54, 1.807) is 22.0 Å². The molecular formula is C39H50N10O2. The molecule has 4 aromatic rings. The predicted octanol–water partition coefficient (Wildman–Crippen LogP) is 6.57. The van der Waals surface area contributed by atoms with Crippen LogP contribution in [0.15, 0.2) is 67.3 Å². The second kappa shape index (κ2) is 17.3. The Balaban J connectivity index is 1.08. The van der Waals surface area contributed by atoms with Crippen LogP contribution in [0.1, 0.15) is 69.4 Å². The van der Waals surface area contributed by atoms with E-state index in [2.05, 4.69) is 38.6 Å². The molecule has 2 aliphatic heterocycles. The Labute approximate surface area is 301 Å². The maximum atomic E-state index is 13.7. The molecule has 12 nitrogen and oxygen atoms in total. The van der Waals surface area contributed by atoms with Gasteiger partial charge in [0.1, 0.15) is 17.5 Å². The van der Waals surface area contributed by atoms with Crippen molar-refractivity contribution < 1.29 is 9.53 Å². The Morgan fingerprint density at radius 3 is 2.51 bits per heavy atom. The van der Waals surface area contributed by atoms with Crippen LogP contribution in [0.5, 0.6) is 0 Å². The first-order valence-corrected chi connectivity index (χ1v) is 18.3. The largest absolute Gasteiger partial charge is 0.381 e. The van der Waals surface area contributed by atoms with E-state index < -0.39 is 0 Å². The summed E-state index contributed by atoms with van der Waals surface area (Å²) in [4.78, 5) is 31.8. The summed E-state index contributed by atoms with van der Waals surface area (Å²) >= 11 is 0. The first-order valence-electron chi connectivity index (χ1n) is 18.3. The van der Waals surface area contributed by atoms with E-state index in [4.69, 9.17) is 14.7 Å². The fourth-order valence-corrected chi connectivity index (χ4v) is 7.30. The number of carbonyl (C=O) groups is 1. The average molecular weight is 691 g/mol. The van der Waals surface area contributed by atoms with Crippen molar-refractivity contribution in [1.82, 2.24) is 30.0 Å². The van der Waals surface area contributed by atoms with E-state index in [1.165, 1.54) is 0 Å². The number of rotatable bonds is 14. The minimum absolute atomic E-state index is 0.168. The zero-order valence-corrected chi connectivity index (χ0v) is 29.9. The number of carbonyl (C=O) groups excluding carboxylic acids is 1. The number of piperidine rings is 1. The van der Waals surface area contributed by atoms with Gasteiger partial charge in [-0.15, -0.1) is 0 Å². The first kappa shape index (κ1) is 35.8. The van der Waals surface area contributed by atoms with Crippen LogP contribution < -0.4 is 20.4 Å². The van der Waals surface area contributed by atoms with Gasteiger partial charge in [0.15, 0.2) is 5.82 Å². The van der Waals surface area contributed by atoms with E-state index in [0.717, 1.165) is 100 Å². The fraction of sp³-hybridized carbons (Fsp3) is 0.487. The second-order valence-electron chi connectivity index (χ2n) is 13.9. The minimum atomic E-state index is -0.168. The summed E-state index contributed by atoms with van der Waals surface area (Å²) in [5.41, 5.74) is 3.84. The third kappa shape index (κ3) is 9.41. The minimum Gasteiger partial charge on any atom is -0.381 e. The normalized spacial score (nSPS) is 16.0. The number of aryl methyl sites for hydroxylation is 1. The Morgan fingerprint density at radius 1 is 1.02 bits per heavy atom. The number of pyridine rings is 1. The van der Waals surface area contributed by atoms with Crippen LogP contribution in [0.3, 0.4) is 0 Å². The van der Waals surface area contributed by atoms with E-state index in [1.807, 2.05) is 61.9 Å². The Morgan fingerprint density at radius 2 is 1.82 bits per heavy atom. The molecule has 2 N–H and O–H groups in total. The van der Waals surface area contributed by atoms with Crippen molar-refractivity contribution in [2.24, 2.45) is 18.4 Å². The molecule has 6 rings (SSSR count). The lowest BCUT2D eigenvalue weighted by Gasteiger charge is -2.44. The number of benzene rings is 1. The Hall–Kier alpha value is -5.02. The summed E-state index contributed by atoms with van der Waals surface area (Å²) in [5, 5.41) is 20.6. The number of amides is 2. The van der Waals surface area contributed by atoms with Crippen molar-refractivity contribution >= 4 is 23.6 Å². The highest BCUT2D eigenvalue weighted by Gasteiger charge is 2.37. The molecule has 0 bridgehead atoms. The lowest BCUT2D eigenvalue weighted by Crippen LogP contribution is -2.43. The number of nitriles is 1. The maximum absolute atomic E-state index is 13.7. The van der Waals surface area contributed by atoms with Gasteiger partial charge in [-0.05, 0) is 74.0 Å². The molecule has 0 saturated carbocycles. The van der Waals surface area contributed by atoms with Crippen LogP contribution in [0.4, 0.5) is 22.4 Å². The lowest BCUT2D eigenvalue weighted by atomic mass is 9.72. The third-order valence-electron chi connectivity index (χ3n) is 10.4. The number of hydrogen-bond donors (Lipinski definition) is 2. The predicted molar refractivity (Wildman–Crippen MR) is 199 cm³/mol. The molecule has 1 spiro atoms. The average Bonchev–Trinajstić information content (AvgIpc) is 3.61. The van der Waals surface area contributed by atoms with Gasteiger partial charge >= 0.3 is 6.03 Å². The summed E-state index contributed by atoms with van der Waals surface area (Å²) in [6.45, 7) is 7.33. The first-order chi connectivity index (χ1) is 24.9. The molecule has 0 radical (unpaired) electrons. The van der Waals surface area contributed by atoms with Gasteiger partial charge in [0.2, 0.25) is 5.95 Å². The van der Waals surface area contributed by atoms with E-state index in [0.29, 0.717) is 42.4 Å². The van der Waals surface area contributed by atoms with Crippen LogP contribution in [0, 0.1) is 22.7 Å². The zero-order chi connectivity index (χ0) is 35.5. The zero-order valence-electron chi connectivity index (χ0n) is 29.9. The third-order valence-corrected chi connectivity index (χ3v) is 10.4. The summed E-state index contributed by atoms with van der Waals surface area (Å²) in [6, 6.07) is 16.0. The quantitative estimate of drug-likeness (QED) is 0.141. The second-order valence-corrected chi connectivity index (χ2v) is 13.9. The van der Waals surface area contributed by atoms with E-state index in [9.17, 15) is 10.1 Å². The number of ether oxygens (including phenoxy) is 1. The molecular weight excluding hydrogens is 640 g/mol. The molecule has 12 heteroatoms. The van der Waals surface area contributed by atoms with Crippen LogP contribution in [-0.4, -0.2) is 70.2 Å².